The van der Waals surface area contributed by atoms with Crippen LogP contribution in [0.5, 0.6) is 0 Å². The van der Waals surface area contributed by atoms with E-state index < -0.39 is 10.6 Å². The van der Waals surface area contributed by atoms with Crippen LogP contribution in [-0.2, 0) is 6.54 Å². The Hall–Kier alpha value is -1.49. The van der Waals surface area contributed by atoms with Gasteiger partial charge in [-0.25, -0.2) is 4.39 Å². The second kappa shape index (κ2) is 5.02. The molecule has 2 rings (SSSR count). The number of non-ortho nitro benzene ring substituents is 1. The van der Waals surface area contributed by atoms with Crippen LogP contribution in [0.4, 0.5) is 10.1 Å². The van der Waals surface area contributed by atoms with Gasteiger partial charge in [0.2, 0.25) is 0 Å². The van der Waals surface area contributed by atoms with Gasteiger partial charge in [0.05, 0.1) is 4.92 Å². The van der Waals surface area contributed by atoms with E-state index >= 15 is 0 Å². The van der Waals surface area contributed by atoms with Crippen LogP contribution in [0.25, 0.3) is 0 Å². The molecule has 0 aliphatic carbocycles. The minimum atomic E-state index is -1.11. The van der Waals surface area contributed by atoms with Crippen LogP contribution >= 0.6 is 0 Å². The number of nitro groups is 1. The maximum absolute atomic E-state index is 13.9. The monoisotopic (exact) mass is 252 g/mol. The Kier molecular flexibility index (Phi) is 3.61. The summed E-state index contributed by atoms with van der Waals surface area (Å²) in [6.45, 7) is 3.60. The molecule has 0 amide bonds. The third kappa shape index (κ3) is 3.26. The van der Waals surface area contributed by atoms with E-state index in [9.17, 15) is 14.5 Å². The van der Waals surface area contributed by atoms with Crippen molar-refractivity contribution in [3.63, 3.8) is 0 Å². The van der Waals surface area contributed by atoms with Gasteiger partial charge in [-0.15, -0.1) is 0 Å². The zero-order chi connectivity index (χ0) is 13.2. The van der Waals surface area contributed by atoms with Crippen molar-refractivity contribution in [2.24, 2.45) is 0 Å². The fourth-order valence-corrected chi connectivity index (χ4v) is 2.41. The summed E-state index contributed by atoms with van der Waals surface area (Å²) in [6, 6.07) is 6.46. The summed E-state index contributed by atoms with van der Waals surface area (Å²) >= 11 is 0. The number of benzene rings is 1. The van der Waals surface area contributed by atoms with Crippen molar-refractivity contribution in [3.8, 4) is 0 Å². The van der Waals surface area contributed by atoms with Gasteiger partial charge in [0.15, 0.2) is 0 Å². The second-order valence-corrected chi connectivity index (χ2v) is 5.15. The first-order valence-electron chi connectivity index (χ1n) is 6.11. The maximum Gasteiger partial charge on any atom is 0.269 e. The zero-order valence-corrected chi connectivity index (χ0v) is 10.4. The molecule has 1 atom stereocenters. The first-order valence-corrected chi connectivity index (χ1v) is 6.11. The lowest BCUT2D eigenvalue weighted by atomic mass is 9.96. The molecule has 0 N–H and O–H groups in total. The van der Waals surface area contributed by atoms with E-state index in [2.05, 4.69) is 4.90 Å². The Morgan fingerprint density at radius 2 is 2.11 bits per heavy atom. The summed E-state index contributed by atoms with van der Waals surface area (Å²) in [5, 5.41) is 10.5. The number of likely N-dealkylation sites (tertiary alicyclic amines) is 1. The van der Waals surface area contributed by atoms with Crippen molar-refractivity contribution in [3.05, 3.63) is 39.9 Å². The van der Waals surface area contributed by atoms with Crippen molar-refractivity contribution >= 4 is 5.69 Å². The molecule has 18 heavy (non-hydrogen) atoms. The molecular formula is C13H17FN2O2. The molecule has 1 unspecified atom stereocenters. The molecule has 1 aliphatic rings. The van der Waals surface area contributed by atoms with Crippen LogP contribution in [0.1, 0.15) is 25.3 Å². The fraction of sp³-hybridized carbons (Fsp3) is 0.538. The van der Waals surface area contributed by atoms with E-state index in [1.54, 1.807) is 19.1 Å². The number of alkyl halides is 1. The Balaban J connectivity index is 1.99. The standard InChI is InChI=1S/C13H17FN2O2/c1-13(14)7-2-8-15(10-13)9-11-3-5-12(6-4-11)16(17)18/h3-6H,2,7-10H2,1H3. The highest BCUT2D eigenvalue weighted by Crippen LogP contribution is 2.25. The normalized spacial score (nSPS) is 25.0. The summed E-state index contributed by atoms with van der Waals surface area (Å²) in [7, 11) is 0. The molecular weight excluding hydrogens is 235 g/mol. The average Bonchev–Trinajstić information content (AvgIpc) is 2.28. The summed E-state index contributed by atoms with van der Waals surface area (Å²) in [5.74, 6) is 0. The van der Waals surface area contributed by atoms with Gasteiger partial charge in [0.25, 0.3) is 5.69 Å². The number of rotatable bonds is 3. The van der Waals surface area contributed by atoms with Gasteiger partial charge in [-0.3, -0.25) is 15.0 Å². The van der Waals surface area contributed by atoms with Crippen molar-refractivity contribution in [1.29, 1.82) is 0 Å². The van der Waals surface area contributed by atoms with E-state index in [1.807, 2.05) is 0 Å². The summed E-state index contributed by atoms with van der Waals surface area (Å²) in [6.07, 6.45) is 1.48. The van der Waals surface area contributed by atoms with E-state index in [4.69, 9.17) is 0 Å². The van der Waals surface area contributed by atoms with Crippen LogP contribution in [0.15, 0.2) is 24.3 Å². The quantitative estimate of drug-likeness (QED) is 0.613. The molecule has 1 heterocycles. The number of nitro benzene ring substituents is 1. The average molecular weight is 252 g/mol. The second-order valence-electron chi connectivity index (χ2n) is 5.15. The van der Waals surface area contributed by atoms with E-state index in [1.165, 1.54) is 12.1 Å². The molecule has 1 aliphatic heterocycles. The Labute approximate surface area is 106 Å². The predicted octanol–water partition coefficient (Wildman–Crippen LogP) is 2.92. The first kappa shape index (κ1) is 13.0. The minimum Gasteiger partial charge on any atom is -0.296 e. The van der Waals surface area contributed by atoms with Gasteiger partial charge in [-0.2, -0.15) is 0 Å². The maximum atomic E-state index is 13.9. The Morgan fingerprint density at radius 3 is 2.67 bits per heavy atom. The number of halogens is 1. The lowest BCUT2D eigenvalue weighted by Gasteiger charge is -2.35. The van der Waals surface area contributed by atoms with Crippen LogP contribution in [0, 0.1) is 10.1 Å². The molecule has 0 radical (unpaired) electrons. The summed E-state index contributed by atoms with van der Waals surface area (Å²) < 4.78 is 13.9. The highest BCUT2D eigenvalue weighted by Gasteiger charge is 2.30. The highest BCUT2D eigenvalue weighted by atomic mass is 19.1. The van der Waals surface area contributed by atoms with Gasteiger partial charge in [-0.1, -0.05) is 12.1 Å². The number of hydrogen-bond acceptors (Lipinski definition) is 3. The van der Waals surface area contributed by atoms with Gasteiger partial charge in [-0.05, 0) is 31.9 Å². The molecule has 5 heteroatoms. The van der Waals surface area contributed by atoms with Crippen molar-refractivity contribution in [2.75, 3.05) is 13.1 Å². The van der Waals surface area contributed by atoms with Crippen molar-refractivity contribution in [2.45, 2.75) is 32.0 Å². The molecule has 1 saturated heterocycles. The van der Waals surface area contributed by atoms with E-state index in [0.717, 1.165) is 18.5 Å². The minimum absolute atomic E-state index is 0.0905. The lowest BCUT2D eigenvalue weighted by Crippen LogP contribution is -2.42. The molecule has 4 nitrogen and oxygen atoms in total. The molecule has 0 spiro atoms. The smallest absolute Gasteiger partial charge is 0.269 e. The lowest BCUT2D eigenvalue weighted by molar-refractivity contribution is -0.384. The van der Waals surface area contributed by atoms with Gasteiger partial charge in [0.1, 0.15) is 5.67 Å². The Morgan fingerprint density at radius 1 is 1.44 bits per heavy atom. The third-order valence-electron chi connectivity index (χ3n) is 3.28. The fourth-order valence-electron chi connectivity index (χ4n) is 2.41. The molecule has 98 valence electrons. The van der Waals surface area contributed by atoms with Gasteiger partial charge >= 0.3 is 0 Å². The van der Waals surface area contributed by atoms with Gasteiger partial charge in [0, 0.05) is 25.2 Å². The van der Waals surface area contributed by atoms with Crippen LogP contribution < -0.4 is 0 Å². The third-order valence-corrected chi connectivity index (χ3v) is 3.28. The predicted molar refractivity (Wildman–Crippen MR) is 67.1 cm³/mol. The summed E-state index contributed by atoms with van der Waals surface area (Å²) in [4.78, 5) is 12.2. The van der Waals surface area contributed by atoms with Crippen LogP contribution in [0.3, 0.4) is 0 Å². The summed E-state index contributed by atoms with van der Waals surface area (Å²) in [5.41, 5.74) is -0.0371. The molecule has 0 aromatic heterocycles. The SMILES string of the molecule is CC1(F)CCCN(Cc2ccc([N+](=O)[O-])cc2)C1. The van der Waals surface area contributed by atoms with Crippen molar-refractivity contribution in [1.82, 2.24) is 4.90 Å². The molecule has 1 aromatic rings. The van der Waals surface area contributed by atoms with Crippen LogP contribution in [0.2, 0.25) is 0 Å². The number of nitrogens with zero attached hydrogens (tertiary/aromatic N) is 2. The zero-order valence-electron chi connectivity index (χ0n) is 10.4. The van der Waals surface area contributed by atoms with Crippen molar-refractivity contribution < 1.29 is 9.31 Å². The largest absolute Gasteiger partial charge is 0.296 e. The van der Waals surface area contributed by atoms with Gasteiger partial charge < -0.3 is 0 Å². The molecule has 1 fully saturated rings. The van der Waals surface area contributed by atoms with E-state index in [-0.39, 0.29) is 5.69 Å². The molecule has 0 saturated carbocycles. The number of piperidine rings is 1. The van der Waals surface area contributed by atoms with Crippen LogP contribution in [-0.4, -0.2) is 28.6 Å². The first-order chi connectivity index (χ1) is 8.46. The molecule has 1 aromatic carbocycles. The molecule has 0 bridgehead atoms. The highest BCUT2D eigenvalue weighted by molar-refractivity contribution is 5.32. The number of hydrogen-bond donors (Lipinski definition) is 0. The Bertz CT molecular complexity index is 431. The topological polar surface area (TPSA) is 46.4 Å². The van der Waals surface area contributed by atoms with E-state index in [0.29, 0.717) is 19.5 Å².